The van der Waals surface area contributed by atoms with E-state index < -0.39 is 33.7 Å². The van der Waals surface area contributed by atoms with Crippen LogP contribution in [0.25, 0.3) is 0 Å². The fourth-order valence-corrected chi connectivity index (χ4v) is 1.87. The Bertz CT molecular complexity index is 678. The number of nitrogens with zero attached hydrogens (tertiary/aromatic N) is 2. The number of nitriles is 1. The first-order chi connectivity index (χ1) is 10.2. The third-order valence-electron chi connectivity index (χ3n) is 3.18. The molecule has 22 heavy (non-hydrogen) atoms. The van der Waals surface area contributed by atoms with Gasteiger partial charge in [-0.05, 0) is 26.0 Å². The molecule has 0 fully saturated rings. The standard InChI is InChI=1S/C14H13ClN2O5/c1-14(2,22-3)13(19)10(7-16)12(18)9-5-4-8(15)6-11(9)17(20)21/h4-6,10H,1-3H3. The number of halogens is 1. The smallest absolute Gasteiger partial charge is 0.281 e. The maximum Gasteiger partial charge on any atom is 0.281 e. The Labute approximate surface area is 131 Å². The number of hydrogen-bond donors (Lipinski definition) is 0. The van der Waals surface area contributed by atoms with Crippen LogP contribution in [-0.4, -0.2) is 29.2 Å². The maximum absolute atomic E-state index is 12.4. The molecule has 0 aliphatic rings. The summed E-state index contributed by atoms with van der Waals surface area (Å²) in [5, 5.41) is 20.2. The maximum atomic E-state index is 12.4. The van der Waals surface area contributed by atoms with E-state index in [9.17, 15) is 19.7 Å². The number of carbonyl (C=O) groups is 2. The first-order valence-corrected chi connectivity index (χ1v) is 6.50. The van der Waals surface area contributed by atoms with Crippen LogP contribution in [0.4, 0.5) is 5.69 Å². The normalized spacial score (nSPS) is 12.3. The molecule has 0 aliphatic heterocycles. The van der Waals surface area contributed by atoms with Gasteiger partial charge in [0.1, 0.15) is 5.60 Å². The molecule has 1 rings (SSSR count). The van der Waals surface area contributed by atoms with Gasteiger partial charge in [-0.3, -0.25) is 19.7 Å². The molecule has 0 amide bonds. The molecule has 0 radical (unpaired) electrons. The summed E-state index contributed by atoms with van der Waals surface area (Å²) in [6, 6.07) is 4.99. The van der Waals surface area contributed by atoms with E-state index in [2.05, 4.69) is 0 Å². The van der Waals surface area contributed by atoms with Gasteiger partial charge in [0.2, 0.25) is 0 Å². The number of methoxy groups -OCH3 is 1. The molecule has 0 aromatic heterocycles. The molecule has 0 aliphatic carbocycles. The van der Waals surface area contributed by atoms with Crippen LogP contribution in [0.3, 0.4) is 0 Å². The topological polar surface area (TPSA) is 110 Å². The lowest BCUT2D eigenvalue weighted by atomic mass is 9.86. The van der Waals surface area contributed by atoms with Crippen LogP contribution in [0.5, 0.6) is 0 Å². The zero-order chi connectivity index (χ0) is 17.1. The second-order valence-corrected chi connectivity index (χ2v) is 5.36. The first-order valence-electron chi connectivity index (χ1n) is 6.13. The number of nitro benzene ring substituents is 1. The second kappa shape index (κ2) is 6.64. The highest BCUT2D eigenvalue weighted by atomic mass is 35.5. The van der Waals surface area contributed by atoms with Crippen LogP contribution in [0.15, 0.2) is 18.2 Å². The molecule has 0 bridgehead atoms. The van der Waals surface area contributed by atoms with Gasteiger partial charge in [0, 0.05) is 18.2 Å². The van der Waals surface area contributed by atoms with Crippen molar-refractivity contribution in [2.45, 2.75) is 19.4 Å². The molecule has 0 N–H and O–H groups in total. The zero-order valence-corrected chi connectivity index (χ0v) is 12.9. The molecule has 116 valence electrons. The second-order valence-electron chi connectivity index (χ2n) is 4.92. The Morgan fingerprint density at radius 1 is 1.45 bits per heavy atom. The summed E-state index contributed by atoms with van der Waals surface area (Å²) in [7, 11) is 1.27. The number of hydrogen-bond acceptors (Lipinski definition) is 6. The summed E-state index contributed by atoms with van der Waals surface area (Å²) in [6.45, 7) is 2.81. The Balaban J connectivity index is 3.33. The molecule has 1 unspecified atom stereocenters. The lowest BCUT2D eigenvalue weighted by molar-refractivity contribution is -0.385. The van der Waals surface area contributed by atoms with E-state index in [1.165, 1.54) is 27.0 Å². The quantitative estimate of drug-likeness (QED) is 0.344. The molecule has 1 aromatic rings. The van der Waals surface area contributed by atoms with Crippen molar-refractivity contribution in [3.05, 3.63) is 38.9 Å². The van der Waals surface area contributed by atoms with Crippen molar-refractivity contribution in [1.82, 2.24) is 0 Å². The SMILES string of the molecule is COC(C)(C)C(=O)C(C#N)C(=O)c1ccc(Cl)cc1[N+](=O)[O-]. The number of rotatable bonds is 6. The van der Waals surface area contributed by atoms with E-state index in [0.29, 0.717) is 0 Å². The molecular weight excluding hydrogens is 312 g/mol. The molecule has 7 nitrogen and oxygen atoms in total. The van der Waals surface area contributed by atoms with Crippen molar-refractivity contribution in [1.29, 1.82) is 5.26 Å². The van der Waals surface area contributed by atoms with Gasteiger partial charge in [-0.2, -0.15) is 5.26 Å². The summed E-state index contributed by atoms with van der Waals surface area (Å²) in [4.78, 5) is 34.8. The van der Waals surface area contributed by atoms with E-state index in [1.54, 1.807) is 6.07 Å². The van der Waals surface area contributed by atoms with Gasteiger partial charge in [-0.15, -0.1) is 0 Å². The largest absolute Gasteiger partial charge is 0.371 e. The van der Waals surface area contributed by atoms with Gasteiger partial charge in [0.25, 0.3) is 5.69 Å². The number of Topliss-reactive ketones (excluding diaryl/α,β-unsaturated/α-hetero) is 2. The minimum Gasteiger partial charge on any atom is -0.371 e. The Hall–Kier alpha value is -2.30. The van der Waals surface area contributed by atoms with Gasteiger partial charge < -0.3 is 4.74 Å². The number of ketones is 2. The Kier molecular flexibility index (Phi) is 5.36. The van der Waals surface area contributed by atoms with Crippen molar-refractivity contribution in [3.8, 4) is 6.07 Å². The summed E-state index contributed by atoms with van der Waals surface area (Å²) in [5.74, 6) is -3.43. The third kappa shape index (κ3) is 3.47. The van der Waals surface area contributed by atoms with Crippen LogP contribution in [0.2, 0.25) is 5.02 Å². The van der Waals surface area contributed by atoms with Gasteiger partial charge in [0.05, 0.1) is 16.6 Å². The summed E-state index contributed by atoms with van der Waals surface area (Å²) in [6.07, 6.45) is 0. The molecule has 0 saturated carbocycles. The van der Waals surface area contributed by atoms with Crippen molar-refractivity contribution in [2.24, 2.45) is 5.92 Å². The highest BCUT2D eigenvalue weighted by molar-refractivity contribution is 6.31. The average molecular weight is 325 g/mol. The van der Waals surface area contributed by atoms with E-state index in [4.69, 9.17) is 21.6 Å². The van der Waals surface area contributed by atoms with Crippen LogP contribution >= 0.6 is 11.6 Å². The molecular formula is C14H13ClN2O5. The van der Waals surface area contributed by atoms with Crippen LogP contribution in [0, 0.1) is 27.4 Å². The van der Waals surface area contributed by atoms with Gasteiger partial charge in [-0.1, -0.05) is 11.6 Å². The number of benzene rings is 1. The molecule has 0 heterocycles. The highest BCUT2D eigenvalue weighted by Crippen LogP contribution is 2.27. The number of carbonyl (C=O) groups excluding carboxylic acids is 2. The van der Waals surface area contributed by atoms with Crippen LogP contribution < -0.4 is 0 Å². The summed E-state index contributed by atoms with van der Waals surface area (Å²) < 4.78 is 4.96. The predicted octanol–water partition coefficient (Wildman–Crippen LogP) is 2.56. The van der Waals surface area contributed by atoms with Crippen molar-refractivity contribution in [2.75, 3.05) is 7.11 Å². The summed E-state index contributed by atoms with van der Waals surface area (Å²) in [5.41, 5.74) is -2.26. The van der Waals surface area contributed by atoms with E-state index in [-0.39, 0.29) is 10.6 Å². The molecule has 8 heteroatoms. The van der Waals surface area contributed by atoms with Crippen molar-refractivity contribution in [3.63, 3.8) is 0 Å². The van der Waals surface area contributed by atoms with Crippen LogP contribution in [0.1, 0.15) is 24.2 Å². The zero-order valence-electron chi connectivity index (χ0n) is 12.1. The first kappa shape index (κ1) is 17.8. The number of ether oxygens (including phenoxy) is 1. The molecule has 1 atom stereocenters. The van der Waals surface area contributed by atoms with Gasteiger partial charge in [-0.25, -0.2) is 0 Å². The fourth-order valence-electron chi connectivity index (χ4n) is 1.70. The minimum atomic E-state index is -1.70. The Morgan fingerprint density at radius 3 is 2.50 bits per heavy atom. The predicted molar refractivity (Wildman–Crippen MR) is 77.6 cm³/mol. The molecule has 0 saturated heterocycles. The van der Waals surface area contributed by atoms with Crippen LogP contribution in [-0.2, 0) is 9.53 Å². The van der Waals surface area contributed by atoms with Crippen molar-refractivity contribution < 1.29 is 19.2 Å². The van der Waals surface area contributed by atoms with Gasteiger partial charge >= 0.3 is 0 Å². The highest BCUT2D eigenvalue weighted by Gasteiger charge is 2.40. The fraction of sp³-hybridized carbons (Fsp3) is 0.357. The molecule has 1 aromatic carbocycles. The Morgan fingerprint density at radius 2 is 2.05 bits per heavy atom. The summed E-state index contributed by atoms with van der Waals surface area (Å²) >= 11 is 5.67. The third-order valence-corrected chi connectivity index (χ3v) is 3.41. The van der Waals surface area contributed by atoms with E-state index >= 15 is 0 Å². The average Bonchev–Trinajstić information content (AvgIpc) is 2.47. The van der Waals surface area contributed by atoms with Gasteiger partial charge in [0.15, 0.2) is 17.5 Å². The van der Waals surface area contributed by atoms with Crippen molar-refractivity contribution >= 4 is 28.9 Å². The molecule has 0 spiro atoms. The van der Waals surface area contributed by atoms with E-state index in [1.807, 2.05) is 0 Å². The number of nitro groups is 1. The lowest BCUT2D eigenvalue weighted by Crippen LogP contribution is -2.41. The lowest BCUT2D eigenvalue weighted by Gasteiger charge is -2.23. The minimum absolute atomic E-state index is 0.0697. The monoisotopic (exact) mass is 324 g/mol. The van der Waals surface area contributed by atoms with E-state index in [0.717, 1.165) is 12.1 Å².